The van der Waals surface area contributed by atoms with Crippen molar-refractivity contribution in [2.24, 2.45) is 5.92 Å². The second-order valence-corrected chi connectivity index (χ2v) is 5.94. The molecule has 0 radical (unpaired) electrons. The normalized spacial score (nSPS) is 11.5. The lowest BCUT2D eigenvalue weighted by Gasteiger charge is -2.06. The molecule has 0 unspecified atom stereocenters. The highest BCUT2D eigenvalue weighted by Crippen LogP contribution is 2.17. The number of hydrogen-bond donors (Lipinski definition) is 1. The Morgan fingerprint density at radius 3 is 3.00 bits per heavy atom. The van der Waals surface area contributed by atoms with Crippen LogP contribution in [-0.4, -0.2) is 14.5 Å². The molecule has 92 valence electrons. The molecule has 2 heterocycles. The van der Waals surface area contributed by atoms with Crippen molar-refractivity contribution in [3.05, 3.63) is 21.5 Å². The van der Waals surface area contributed by atoms with E-state index in [1.165, 1.54) is 6.42 Å². The average Bonchev–Trinajstić information content (AvgIpc) is 2.54. The lowest BCUT2D eigenvalue weighted by atomic mass is 10.1. The van der Waals surface area contributed by atoms with E-state index in [-0.39, 0.29) is 0 Å². The molecule has 0 amide bonds. The molecule has 0 spiro atoms. The molecule has 0 aliphatic heterocycles. The van der Waals surface area contributed by atoms with Gasteiger partial charge in [0.1, 0.15) is 0 Å². The van der Waals surface area contributed by atoms with Crippen LogP contribution in [0.3, 0.4) is 0 Å². The molecule has 2 aromatic heterocycles. The third kappa shape index (κ3) is 2.96. The van der Waals surface area contributed by atoms with Crippen molar-refractivity contribution in [3.63, 3.8) is 0 Å². The monoisotopic (exact) mass is 313 g/mol. The summed E-state index contributed by atoms with van der Waals surface area (Å²) in [6.45, 7) is 5.42. The number of hydrogen-bond acceptors (Lipinski definition) is 2. The number of aromatic nitrogens is 3. The summed E-state index contributed by atoms with van der Waals surface area (Å²) in [4.78, 5) is 7.61. The van der Waals surface area contributed by atoms with Gasteiger partial charge in [-0.05, 0) is 53.0 Å². The number of rotatable bonds is 4. The van der Waals surface area contributed by atoms with Crippen LogP contribution in [0, 0.1) is 10.7 Å². The van der Waals surface area contributed by atoms with Crippen molar-refractivity contribution in [3.8, 4) is 0 Å². The number of halogens is 1. The first-order chi connectivity index (χ1) is 8.08. The maximum Gasteiger partial charge on any atom is 0.179 e. The van der Waals surface area contributed by atoms with E-state index >= 15 is 0 Å². The Bertz CT molecular complexity index is 571. The number of aromatic amines is 1. The van der Waals surface area contributed by atoms with Crippen molar-refractivity contribution in [2.75, 3.05) is 0 Å². The standard InChI is InChI=1S/C12H16BrN3S/c1-8(2)4-3-5-16-11-10(15-12(16)17)6-9(13)7-14-11/h6-8H,3-5H2,1-2H3,(H,15,17). The van der Waals surface area contributed by atoms with E-state index in [2.05, 4.69) is 44.3 Å². The van der Waals surface area contributed by atoms with Gasteiger partial charge in [-0.15, -0.1) is 0 Å². The average molecular weight is 314 g/mol. The molecule has 17 heavy (non-hydrogen) atoms. The summed E-state index contributed by atoms with van der Waals surface area (Å²) in [5, 5.41) is 0. The molecule has 0 atom stereocenters. The molecule has 0 aliphatic carbocycles. The minimum atomic E-state index is 0.733. The fraction of sp³-hybridized carbons (Fsp3) is 0.500. The predicted octanol–water partition coefficient (Wildman–Crippen LogP) is 4.29. The van der Waals surface area contributed by atoms with Crippen molar-refractivity contribution in [1.29, 1.82) is 0 Å². The number of pyridine rings is 1. The number of imidazole rings is 1. The smallest absolute Gasteiger partial charge is 0.179 e. The highest BCUT2D eigenvalue weighted by Gasteiger charge is 2.06. The zero-order valence-electron chi connectivity index (χ0n) is 10.0. The van der Waals surface area contributed by atoms with E-state index in [1.807, 2.05) is 12.3 Å². The van der Waals surface area contributed by atoms with Gasteiger partial charge in [0.15, 0.2) is 10.4 Å². The first kappa shape index (κ1) is 12.8. The molecule has 0 bridgehead atoms. The van der Waals surface area contributed by atoms with E-state index in [4.69, 9.17) is 12.2 Å². The number of nitrogens with zero attached hydrogens (tertiary/aromatic N) is 2. The number of nitrogens with one attached hydrogen (secondary N) is 1. The quantitative estimate of drug-likeness (QED) is 0.854. The zero-order valence-corrected chi connectivity index (χ0v) is 12.4. The van der Waals surface area contributed by atoms with Crippen LogP contribution in [0.1, 0.15) is 26.7 Å². The molecule has 0 saturated carbocycles. The molecular formula is C12H16BrN3S. The predicted molar refractivity (Wildman–Crippen MR) is 76.7 cm³/mol. The number of aryl methyl sites for hydroxylation is 1. The largest absolute Gasteiger partial charge is 0.329 e. The van der Waals surface area contributed by atoms with Gasteiger partial charge < -0.3 is 9.55 Å². The Morgan fingerprint density at radius 1 is 1.53 bits per heavy atom. The summed E-state index contributed by atoms with van der Waals surface area (Å²) in [5.74, 6) is 0.733. The van der Waals surface area contributed by atoms with E-state index in [0.29, 0.717) is 0 Å². The first-order valence-electron chi connectivity index (χ1n) is 5.82. The molecule has 0 saturated heterocycles. The molecule has 5 heteroatoms. The Balaban J connectivity index is 2.27. The third-order valence-corrected chi connectivity index (χ3v) is 3.50. The van der Waals surface area contributed by atoms with Gasteiger partial charge in [-0.1, -0.05) is 13.8 Å². The molecule has 0 fully saturated rings. The number of H-pyrrole nitrogens is 1. The highest BCUT2D eigenvalue weighted by molar-refractivity contribution is 9.10. The van der Waals surface area contributed by atoms with E-state index < -0.39 is 0 Å². The first-order valence-corrected chi connectivity index (χ1v) is 7.02. The number of fused-ring (bicyclic) bond motifs is 1. The molecule has 2 rings (SSSR count). The van der Waals surface area contributed by atoms with E-state index in [9.17, 15) is 0 Å². The summed E-state index contributed by atoms with van der Waals surface area (Å²) >= 11 is 8.74. The molecular weight excluding hydrogens is 298 g/mol. The SMILES string of the molecule is CC(C)CCCn1c(=S)[nH]c2cc(Br)cnc21. The van der Waals surface area contributed by atoms with Gasteiger partial charge >= 0.3 is 0 Å². The second kappa shape index (κ2) is 5.31. The highest BCUT2D eigenvalue weighted by atomic mass is 79.9. The van der Waals surface area contributed by atoms with Crippen LogP contribution < -0.4 is 0 Å². The topological polar surface area (TPSA) is 33.6 Å². The summed E-state index contributed by atoms with van der Waals surface area (Å²) in [5.41, 5.74) is 1.94. The molecule has 2 aromatic rings. The van der Waals surface area contributed by atoms with Crippen LogP contribution >= 0.6 is 28.1 Å². The lowest BCUT2D eigenvalue weighted by Crippen LogP contribution is -2.00. The van der Waals surface area contributed by atoms with Crippen LogP contribution in [0.15, 0.2) is 16.7 Å². The zero-order chi connectivity index (χ0) is 12.4. The maximum atomic E-state index is 5.33. The van der Waals surface area contributed by atoms with Crippen LogP contribution in [0.25, 0.3) is 11.2 Å². The van der Waals surface area contributed by atoms with Crippen molar-refractivity contribution in [1.82, 2.24) is 14.5 Å². The van der Waals surface area contributed by atoms with Crippen molar-refractivity contribution in [2.45, 2.75) is 33.2 Å². The Morgan fingerprint density at radius 2 is 2.29 bits per heavy atom. The Hall–Kier alpha value is -0.680. The third-order valence-electron chi connectivity index (χ3n) is 2.74. The molecule has 0 aromatic carbocycles. The van der Waals surface area contributed by atoms with Gasteiger partial charge in [0.05, 0.1) is 5.52 Å². The van der Waals surface area contributed by atoms with E-state index in [0.717, 1.165) is 39.3 Å². The van der Waals surface area contributed by atoms with Gasteiger partial charge in [0, 0.05) is 17.2 Å². The summed E-state index contributed by atoms with van der Waals surface area (Å²) in [6, 6.07) is 2.01. The van der Waals surface area contributed by atoms with Gasteiger partial charge in [-0.2, -0.15) is 0 Å². The minimum Gasteiger partial charge on any atom is -0.329 e. The second-order valence-electron chi connectivity index (χ2n) is 4.64. The lowest BCUT2D eigenvalue weighted by molar-refractivity contribution is 0.513. The Kier molecular flexibility index (Phi) is 3.99. The minimum absolute atomic E-state index is 0.733. The molecule has 0 aliphatic rings. The van der Waals surface area contributed by atoms with Crippen LogP contribution in [0.5, 0.6) is 0 Å². The van der Waals surface area contributed by atoms with Crippen molar-refractivity contribution >= 4 is 39.3 Å². The summed E-state index contributed by atoms with van der Waals surface area (Å²) < 4.78 is 3.81. The maximum absolute atomic E-state index is 5.33. The van der Waals surface area contributed by atoms with E-state index in [1.54, 1.807) is 0 Å². The Labute approximate surface area is 114 Å². The fourth-order valence-corrected chi connectivity index (χ4v) is 2.50. The van der Waals surface area contributed by atoms with Gasteiger partial charge in [-0.25, -0.2) is 4.98 Å². The molecule has 3 nitrogen and oxygen atoms in total. The summed E-state index contributed by atoms with van der Waals surface area (Å²) in [6.07, 6.45) is 4.16. The summed E-state index contributed by atoms with van der Waals surface area (Å²) in [7, 11) is 0. The van der Waals surface area contributed by atoms with Crippen LogP contribution in [0.4, 0.5) is 0 Å². The van der Waals surface area contributed by atoms with Gasteiger partial charge in [0.25, 0.3) is 0 Å². The van der Waals surface area contributed by atoms with Crippen LogP contribution in [0.2, 0.25) is 0 Å². The van der Waals surface area contributed by atoms with Gasteiger partial charge in [-0.3, -0.25) is 0 Å². The van der Waals surface area contributed by atoms with Crippen LogP contribution in [-0.2, 0) is 6.54 Å². The molecule has 1 N–H and O–H groups in total. The fourth-order valence-electron chi connectivity index (χ4n) is 1.88. The van der Waals surface area contributed by atoms with Gasteiger partial charge in [0.2, 0.25) is 0 Å². The van der Waals surface area contributed by atoms with Crippen molar-refractivity contribution < 1.29 is 0 Å².